The number of anilines is 2. The minimum atomic E-state index is -1.16. The minimum absolute atomic E-state index is 0. The second-order valence-corrected chi connectivity index (χ2v) is 4.63. The van der Waals surface area contributed by atoms with Gasteiger partial charge in [-0.15, -0.1) is 0 Å². The predicted octanol–water partition coefficient (Wildman–Crippen LogP) is -0.572. The summed E-state index contributed by atoms with van der Waals surface area (Å²) in [6.45, 7) is 0. The number of aromatic nitrogens is 1. The second kappa shape index (κ2) is 7.86. The molecular weight excluding hydrogens is 310 g/mol. The fourth-order valence-electron chi connectivity index (χ4n) is 1.56. The van der Waals surface area contributed by atoms with Crippen molar-refractivity contribution in [2.75, 3.05) is 5.32 Å². The number of carboxylic acids is 1. The van der Waals surface area contributed by atoms with Gasteiger partial charge in [-0.1, -0.05) is 29.3 Å². The first kappa shape index (κ1) is 17.3. The third-order valence-electron chi connectivity index (χ3n) is 2.41. The molecule has 0 bridgehead atoms. The second-order valence-electron chi connectivity index (χ2n) is 3.81. The van der Waals surface area contributed by atoms with Crippen LogP contribution in [0.15, 0.2) is 36.5 Å². The van der Waals surface area contributed by atoms with Gasteiger partial charge in [0.2, 0.25) is 0 Å². The maximum atomic E-state index is 10.7. The van der Waals surface area contributed by atoms with Crippen molar-refractivity contribution in [3.05, 3.63) is 52.1 Å². The summed E-state index contributed by atoms with van der Waals surface area (Å²) in [5.41, 5.74) is 1.21. The summed E-state index contributed by atoms with van der Waals surface area (Å²) in [6, 6.07) is 8.35. The molecule has 0 amide bonds. The third-order valence-corrected chi connectivity index (χ3v) is 3.15. The van der Waals surface area contributed by atoms with E-state index in [2.05, 4.69) is 10.3 Å². The molecule has 0 unspecified atom stereocenters. The molecule has 0 spiro atoms. The molecule has 1 aromatic heterocycles. The van der Waals surface area contributed by atoms with Crippen molar-refractivity contribution in [2.45, 2.75) is 6.42 Å². The fraction of sp³-hybridized carbons (Fsp3) is 0.0769. The van der Waals surface area contributed by atoms with Gasteiger partial charge in [-0.2, -0.15) is 0 Å². The summed E-state index contributed by atoms with van der Waals surface area (Å²) in [6.07, 6.45) is 1.36. The molecule has 0 atom stereocenters. The van der Waals surface area contributed by atoms with Crippen molar-refractivity contribution in [3.8, 4) is 0 Å². The number of carboxylic acid groups (broad SMARTS) is 1. The van der Waals surface area contributed by atoms with Crippen LogP contribution in [0.1, 0.15) is 5.56 Å². The number of rotatable bonds is 4. The number of hydrogen-bond acceptors (Lipinski definition) is 4. The molecule has 0 radical (unpaired) electrons. The Morgan fingerprint density at radius 1 is 1.25 bits per heavy atom. The van der Waals surface area contributed by atoms with Gasteiger partial charge < -0.3 is 15.2 Å². The Morgan fingerprint density at radius 3 is 2.65 bits per heavy atom. The Morgan fingerprint density at radius 2 is 2.00 bits per heavy atom. The third kappa shape index (κ3) is 4.65. The van der Waals surface area contributed by atoms with E-state index < -0.39 is 5.97 Å². The van der Waals surface area contributed by atoms with Gasteiger partial charge in [0.25, 0.3) is 0 Å². The molecule has 0 aliphatic heterocycles. The van der Waals surface area contributed by atoms with E-state index in [9.17, 15) is 9.90 Å². The molecule has 4 nitrogen and oxygen atoms in total. The number of halogens is 2. The number of benzene rings is 1. The van der Waals surface area contributed by atoms with E-state index in [0.717, 1.165) is 0 Å². The first-order valence-electron chi connectivity index (χ1n) is 5.42. The Kier molecular flexibility index (Phi) is 6.79. The van der Waals surface area contributed by atoms with E-state index in [1.54, 1.807) is 36.5 Å². The van der Waals surface area contributed by atoms with Crippen LogP contribution in [0.25, 0.3) is 0 Å². The Labute approximate surface area is 148 Å². The van der Waals surface area contributed by atoms with E-state index in [0.29, 0.717) is 27.1 Å². The van der Waals surface area contributed by atoms with E-state index in [4.69, 9.17) is 23.2 Å². The SMILES string of the molecule is O=C([O-])Cc1cccnc1Nc1ccc(Cl)c(Cl)c1.[Na+]. The van der Waals surface area contributed by atoms with Gasteiger partial charge in [0.15, 0.2) is 0 Å². The zero-order chi connectivity index (χ0) is 13.8. The van der Waals surface area contributed by atoms with Gasteiger partial charge in [-0.25, -0.2) is 4.98 Å². The quantitative estimate of drug-likeness (QED) is 0.767. The number of carbonyl (C=O) groups is 1. The van der Waals surface area contributed by atoms with E-state index in [1.165, 1.54) is 0 Å². The van der Waals surface area contributed by atoms with E-state index in [-0.39, 0.29) is 36.0 Å². The molecule has 0 saturated carbocycles. The molecule has 2 aromatic rings. The molecule has 7 heteroatoms. The van der Waals surface area contributed by atoms with Crippen molar-refractivity contribution in [1.82, 2.24) is 4.98 Å². The van der Waals surface area contributed by atoms with Crippen LogP contribution in [0.3, 0.4) is 0 Å². The number of nitrogens with zero attached hydrogens (tertiary/aromatic N) is 1. The Hall–Kier alpha value is -0.780. The van der Waals surface area contributed by atoms with Gasteiger partial charge >= 0.3 is 29.6 Å². The molecule has 1 aromatic carbocycles. The smallest absolute Gasteiger partial charge is 0.550 e. The predicted molar refractivity (Wildman–Crippen MR) is 72.7 cm³/mol. The number of carbonyl (C=O) groups excluding carboxylic acids is 1. The van der Waals surface area contributed by atoms with Gasteiger partial charge in [-0.05, 0) is 24.3 Å². The average Bonchev–Trinajstić information content (AvgIpc) is 2.36. The fourth-order valence-corrected chi connectivity index (χ4v) is 1.86. The Bertz CT molecular complexity index is 623. The topological polar surface area (TPSA) is 65.0 Å². The van der Waals surface area contributed by atoms with Gasteiger partial charge in [-0.3, -0.25) is 0 Å². The molecule has 2 rings (SSSR count). The van der Waals surface area contributed by atoms with Crippen LogP contribution < -0.4 is 40.0 Å². The van der Waals surface area contributed by atoms with Crippen LogP contribution in [0.4, 0.5) is 11.5 Å². The Balaban J connectivity index is 0.00000200. The summed E-state index contributed by atoms with van der Waals surface area (Å²) in [5, 5.41) is 14.5. The average molecular weight is 319 g/mol. The van der Waals surface area contributed by atoms with E-state index in [1.807, 2.05) is 0 Å². The summed E-state index contributed by atoms with van der Waals surface area (Å²) >= 11 is 11.7. The molecule has 0 saturated heterocycles. The summed E-state index contributed by atoms with van der Waals surface area (Å²) in [5.74, 6) is -0.713. The molecular formula is C13H9Cl2N2NaO2. The zero-order valence-corrected chi connectivity index (χ0v) is 14.2. The van der Waals surface area contributed by atoms with Crippen molar-refractivity contribution >= 4 is 40.7 Å². The number of aliphatic carboxylic acids is 1. The van der Waals surface area contributed by atoms with Crippen LogP contribution in [-0.2, 0) is 11.2 Å². The molecule has 0 aliphatic carbocycles. The first-order valence-corrected chi connectivity index (χ1v) is 6.17. The molecule has 1 N–H and O–H groups in total. The zero-order valence-electron chi connectivity index (χ0n) is 10.7. The summed E-state index contributed by atoms with van der Waals surface area (Å²) in [7, 11) is 0. The molecule has 0 aliphatic rings. The largest absolute Gasteiger partial charge is 1.00 e. The van der Waals surface area contributed by atoms with Crippen LogP contribution in [0.5, 0.6) is 0 Å². The number of nitrogens with one attached hydrogen (secondary N) is 1. The minimum Gasteiger partial charge on any atom is -0.550 e. The van der Waals surface area contributed by atoms with Crippen LogP contribution in [0.2, 0.25) is 10.0 Å². The van der Waals surface area contributed by atoms with Crippen LogP contribution in [-0.4, -0.2) is 11.0 Å². The first-order chi connectivity index (χ1) is 9.06. The van der Waals surface area contributed by atoms with Gasteiger partial charge in [0.1, 0.15) is 5.82 Å². The molecule has 1 heterocycles. The molecule has 98 valence electrons. The van der Waals surface area contributed by atoms with Crippen LogP contribution >= 0.6 is 23.2 Å². The number of pyridine rings is 1. The monoisotopic (exact) mass is 318 g/mol. The van der Waals surface area contributed by atoms with Crippen molar-refractivity contribution in [3.63, 3.8) is 0 Å². The maximum Gasteiger partial charge on any atom is 1.00 e. The maximum absolute atomic E-state index is 10.7. The number of hydrogen-bond donors (Lipinski definition) is 1. The van der Waals surface area contributed by atoms with Gasteiger partial charge in [0, 0.05) is 29.8 Å². The van der Waals surface area contributed by atoms with Crippen molar-refractivity contribution in [2.24, 2.45) is 0 Å². The molecule has 0 fully saturated rings. The van der Waals surface area contributed by atoms with Crippen molar-refractivity contribution in [1.29, 1.82) is 0 Å². The van der Waals surface area contributed by atoms with Crippen molar-refractivity contribution < 1.29 is 39.5 Å². The summed E-state index contributed by atoms with van der Waals surface area (Å²) < 4.78 is 0. The van der Waals surface area contributed by atoms with E-state index >= 15 is 0 Å². The molecule has 20 heavy (non-hydrogen) atoms. The normalized spacial score (nSPS) is 9.70. The standard InChI is InChI=1S/C13H10Cl2N2O2.Na/c14-10-4-3-9(7-11(10)15)17-13-8(6-12(18)19)2-1-5-16-13;/h1-5,7H,6H2,(H,16,17)(H,18,19);/q;+1/p-1. The summed E-state index contributed by atoms with van der Waals surface area (Å²) in [4.78, 5) is 14.8. The van der Waals surface area contributed by atoms with Gasteiger partial charge in [0.05, 0.1) is 10.0 Å². The van der Waals surface area contributed by atoms with Crippen LogP contribution in [0, 0.1) is 0 Å².